The lowest BCUT2D eigenvalue weighted by atomic mass is 10.1. The van der Waals surface area contributed by atoms with Crippen LogP contribution in [0.3, 0.4) is 0 Å². The van der Waals surface area contributed by atoms with Crippen LogP contribution in [0.25, 0.3) is 0 Å². The number of aldehydes is 1. The third-order valence-corrected chi connectivity index (χ3v) is 1.80. The minimum Gasteiger partial charge on any atom is -0.507 e. The number of hydrogen-bond acceptors (Lipinski definition) is 4. The zero-order chi connectivity index (χ0) is 10.6. The second kappa shape index (κ2) is 4.41. The molecule has 0 saturated carbocycles. The van der Waals surface area contributed by atoms with E-state index in [4.69, 9.17) is 0 Å². The molecule has 1 aromatic rings. The molecule has 74 valence electrons. The van der Waals surface area contributed by atoms with Crippen LogP contribution < -0.4 is 0 Å². The van der Waals surface area contributed by atoms with Gasteiger partial charge in [0.2, 0.25) is 0 Å². The smallest absolute Gasteiger partial charge is 0.309 e. The Kier molecular flexibility index (Phi) is 3.23. The van der Waals surface area contributed by atoms with Crippen molar-refractivity contribution in [2.75, 3.05) is 7.11 Å². The van der Waals surface area contributed by atoms with Gasteiger partial charge in [0, 0.05) is 0 Å². The van der Waals surface area contributed by atoms with Crippen molar-refractivity contribution in [3.8, 4) is 5.75 Å². The van der Waals surface area contributed by atoms with Gasteiger partial charge in [-0.25, -0.2) is 0 Å². The highest BCUT2D eigenvalue weighted by molar-refractivity contribution is 5.80. The number of carbonyl (C=O) groups excluding carboxylic acids is 2. The first-order valence-corrected chi connectivity index (χ1v) is 4.01. The Morgan fingerprint density at radius 2 is 2.29 bits per heavy atom. The second-order valence-corrected chi connectivity index (χ2v) is 2.76. The van der Waals surface area contributed by atoms with Crippen LogP contribution >= 0.6 is 0 Å². The van der Waals surface area contributed by atoms with Crippen LogP contribution in [0.15, 0.2) is 18.2 Å². The first-order valence-electron chi connectivity index (χ1n) is 4.01. The average Bonchev–Trinajstić information content (AvgIpc) is 2.18. The summed E-state index contributed by atoms with van der Waals surface area (Å²) >= 11 is 0. The lowest BCUT2D eigenvalue weighted by molar-refractivity contribution is -0.139. The largest absolute Gasteiger partial charge is 0.507 e. The van der Waals surface area contributed by atoms with Crippen molar-refractivity contribution >= 4 is 12.3 Å². The van der Waals surface area contributed by atoms with Gasteiger partial charge >= 0.3 is 5.97 Å². The number of esters is 1. The summed E-state index contributed by atoms with van der Waals surface area (Å²) in [5.41, 5.74) is 0.818. The van der Waals surface area contributed by atoms with Gasteiger partial charge in [0.05, 0.1) is 19.1 Å². The summed E-state index contributed by atoms with van der Waals surface area (Å²) < 4.78 is 4.46. The molecule has 4 nitrogen and oxygen atoms in total. The molecule has 0 spiro atoms. The molecule has 0 radical (unpaired) electrons. The van der Waals surface area contributed by atoms with E-state index in [1.165, 1.54) is 19.2 Å². The molecule has 4 heteroatoms. The van der Waals surface area contributed by atoms with Crippen molar-refractivity contribution in [2.24, 2.45) is 0 Å². The third kappa shape index (κ3) is 2.32. The van der Waals surface area contributed by atoms with Gasteiger partial charge in [-0.15, -0.1) is 0 Å². The average molecular weight is 194 g/mol. The van der Waals surface area contributed by atoms with E-state index in [0.717, 1.165) is 0 Å². The topological polar surface area (TPSA) is 63.6 Å². The maximum atomic E-state index is 10.9. The molecule has 1 rings (SSSR count). The van der Waals surface area contributed by atoms with Crippen LogP contribution in [0.5, 0.6) is 5.75 Å². The quantitative estimate of drug-likeness (QED) is 0.574. The monoisotopic (exact) mass is 194 g/mol. The summed E-state index contributed by atoms with van der Waals surface area (Å²) in [6, 6.07) is 4.43. The maximum Gasteiger partial charge on any atom is 0.309 e. The molecule has 1 N–H and O–H groups in total. The zero-order valence-corrected chi connectivity index (χ0v) is 7.69. The number of rotatable bonds is 3. The van der Waals surface area contributed by atoms with Crippen LogP contribution in [-0.2, 0) is 16.0 Å². The molecular weight excluding hydrogens is 184 g/mol. The Labute approximate surface area is 81.1 Å². The molecule has 0 aliphatic heterocycles. The highest BCUT2D eigenvalue weighted by Crippen LogP contribution is 2.17. The third-order valence-electron chi connectivity index (χ3n) is 1.80. The molecule has 0 amide bonds. The summed E-state index contributed by atoms with van der Waals surface area (Å²) in [5, 5.41) is 9.29. The van der Waals surface area contributed by atoms with Crippen molar-refractivity contribution in [1.29, 1.82) is 0 Å². The van der Waals surface area contributed by atoms with E-state index in [2.05, 4.69) is 4.74 Å². The number of methoxy groups -OCH3 is 1. The van der Waals surface area contributed by atoms with Crippen LogP contribution in [0, 0.1) is 0 Å². The van der Waals surface area contributed by atoms with Crippen molar-refractivity contribution < 1.29 is 19.4 Å². The van der Waals surface area contributed by atoms with E-state index in [0.29, 0.717) is 11.8 Å². The van der Waals surface area contributed by atoms with Gasteiger partial charge in [-0.1, -0.05) is 6.07 Å². The SMILES string of the molecule is COC(=O)Cc1ccc(C=O)c(O)c1. The van der Waals surface area contributed by atoms with E-state index >= 15 is 0 Å². The number of aromatic hydroxyl groups is 1. The number of benzene rings is 1. The van der Waals surface area contributed by atoms with Crippen molar-refractivity contribution in [1.82, 2.24) is 0 Å². The number of phenolic OH excluding ortho intramolecular Hbond substituents is 1. The minimum atomic E-state index is -0.386. The Morgan fingerprint density at radius 1 is 1.57 bits per heavy atom. The van der Waals surface area contributed by atoms with E-state index in [1.807, 2.05) is 0 Å². The fraction of sp³-hybridized carbons (Fsp3) is 0.200. The summed E-state index contributed by atoms with van der Waals surface area (Å²) in [4.78, 5) is 21.2. The van der Waals surface area contributed by atoms with Gasteiger partial charge in [0.1, 0.15) is 5.75 Å². The highest BCUT2D eigenvalue weighted by atomic mass is 16.5. The standard InChI is InChI=1S/C10H10O4/c1-14-10(13)5-7-2-3-8(6-11)9(12)4-7/h2-4,6,12H,5H2,1H3. The number of ether oxygens (including phenoxy) is 1. The van der Waals surface area contributed by atoms with Gasteiger partial charge in [-0.05, 0) is 17.7 Å². The molecule has 0 aliphatic rings. The summed E-state index contributed by atoms with van der Waals surface area (Å²) in [7, 11) is 1.29. The van der Waals surface area contributed by atoms with E-state index < -0.39 is 0 Å². The molecule has 0 aliphatic carbocycles. The van der Waals surface area contributed by atoms with Gasteiger partial charge in [0.15, 0.2) is 6.29 Å². The minimum absolute atomic E-state index is 0.0865. The molecule has 0 heterocycles. The first kappa shape index (κ1) is 10.2. The molecule has 0 aromatic heterocycles. The summed E-state index contributed by atoms with van der Waals surface area (Å²) in [6.07, 6.45) is 0.639. The molecule has 0 unspecified atom stereocenters. The lowest BCUT2D eigenvalue weighted by Crippen LogP contribution is -2.04. The summed E-state index contributed by atoms with van der Waals surface area (Å²) in [6.45, 7) is 0. The molecule has 0 fully saturated rings. The molecule has 1 aromatic carbocycles. The first-order chi connectivity index (χ1) is 6.67. The molecular formula is C10H10O4. The molecule has 0 bridgehead atoms. The van der Waals surface area contributed by atoms with Gasteiger partial charge in [-0.3, -0.25) is 9.59 Å². The van der Waals surface area contributed by atoms with Gasteiger partial charge < -0.3 is 9.84 Å². The van der Waals surface area contributed by atoms with E-state index in [-0.39, 0.29) is 23.7 Å². The Hall–Kier alpha value is -1.84. The fourth-order valence-electron chi connectivity index (χ4n) is 1.04. The number of hydrogen-bond donors (Lipinski definition) is 1. The van der Waals surface area contributed by atoms with Gasteiger partial charge in [-0.2, -0.15) is 0 Å². The fourth-order valence-corrected chi connectivity index (χ4v) is 1.04. The van der Waals surface area contributed by atoms with Crippen molar-refractivity contribution in [3.05, 3.63) is 29.3 Å². The van der Waals surface area contributed by atoms with E-state index in [9.17, 15) is 14.7 Å². The predicted molar refractivity (Wildman–Crippen MR) is 49.2 cm³/mol. The van der Waals surface area contributed by atoms with Crippen LogP contribution in [-0.4, -0.2) is 24.5 Å². The van der Waals surface area contributed by atoms with Crippen LogP contribution in [0.1, 0.15) is 15.9 Å². The molecule has 0 saturated heterocycles. The Balaban J connectivity index is 2.86. The molecule has 14 heavy (non-hydrogen) atoms. The van der Waals surface area contributed by atoms with E-state index in [1.54, 1.807) is 6.07 Å². The highest BCUT2D eigenvalue weighted by Gasteiger charge is 2.05. The zero-order valence-electron chi connectivity index (χ0n) is 7.69. The second-order valence-electron chi connectivity index (χ2n) is 2.76. The van der Waals surface area contributed by atoms with Gasteiger partial charge in [0.25, 0.3) is 0 Å². The maximum absolute atomic E-state index is 10.9. The molecule has 0 atom stereocenters. The Morgan fingerprint density at radius 3 is 2.79 bits per heavy atom. The lowest BCUT2D eigenvalue weighted by Gasteiger charge is -2.02. The van der Waals surface area contributed by atoms with Crippen molar-refractivity contribution in [2.45, 2.75) is 6.42 Å². The predicted octanol–water partition coefficient (Wildman–Crippen LogP) is 0.920. The van der Waals surface area contributed by atoms with Crippen LogP contribution in [0.2, 0.25) is 0 Å². The summed E-state index contributed by atoms with van der Waals surface area (Å²) in [5.74, 6) is -0.510. The van der Waals surface area contributed by atoms with Crippen molar-refractivity contribution in [3.63, 3.8) is 0 Å². The Bertz CT molecular complexity index is 357. The number of phenols is 1. The normalized spacial score (nSPS) is 9.50. The number of carbonyl (C=O) groups is 2. The van der Waals surface area contributed by atoms with Crippen LogP contribution in [0.4, 0.5) is 0 Å².